The highest BCUT2D eigenvalue weighted by atomic mass is 16.5. The maximum Gasteiger partial charge on any atom is 0.226 e. The van der Waals surface area contributed by atoms with Crippen molar-refractivity contribution < 1.29 is 4.74 Å². The van der Waals surface area contributed by atoms with Crippen molar-refractivity contribution in [3.63, 3.8) is 0 Å². The van der Waals surface area contributed by atoms with E-state index in [0.29, 0.717) is 12.0 Å². The van der Waals surface area contributed by atoms with Crippen LogP contribution < -0.4 is 10.6 Å². The van der Waals surface area contributed by atoms with Crippen LogP contribution in [0.4, 0.5) is 17.5 Å². The average Bonchev–Trinajstić information content (AvgIpc) is 3.56. The molecule has 1 aliphatic carbocycles. The van der Waals surface area contributed by atoms with Crippen molar-refractivity contribution >= 4 is 28.6 Å². The monoisotopic (exact) mass is 492 g/mol. The van der Waals surface area contributed by atoms with Gasteiger partial charge in [-0.25, -0.2) is 4.98 Å². The van der Waals surface area contributed by atoms with E-state index in [9.17, 15) is 0 Å². The zero-order valence-electron chi connectivity index (χ0n) is 21.7. The lowest BCUT2D eigenvalue weighted by molar-refractivity contribution is 0.0342. The highest BCUT2D eigenvalue weighted by Gasteiger charge is 2.22. The molecule has 0 spiro atoms. The molecule has 2 fully saturated rings. The summed E-state index contributed by atoms with van der Waals surface area (Å²) in [6.07, 6.45) is 9.10. The Morgan fingerprint density at radius 1 is 1.03 bits per heavy atom. The molecular formula is C27H40N8O. The Morgan fingerprint density at radius 3 is 2.56 bits per heavy atom. The van der Waals surface area contributed by atoms with Crippen LogP contribution in [0.25, 0.3) is 11.2 Å². The van der Waals surface area contributed by atoms with Crippen LogP contribution in [0.3, 0.4) is 0 Å². The molecule has 9 heteroatoms. The lowest BCUT2D eigenvalue weighted by atomic mass is 10.2. The molecule has 1 saturated carbocycles. The van der Waals surface area contributed by atoms with Crippen LogP contribution in [-0.2, 0) is 11.3 Å². The number of anilines is 3. The number of ether oxygens (including phenoxy) is 1. The molecular weight excluding hydrogens is 452 g/mol. The Hall–Kier alpha value is -2.75. The predicted octanol–water partition coefficient (Wildman–Crippen LogP) is 4.27. The lowest BCUT2D eigenvalue weighted by Crippen LogP contribution is -2.35. The van der Waals surface area contributed by atoms with Gasteiger partial charge in [0.05, 0.1) is 19.5 Å². The van der Waals surface area contributed by atoms with Crippen LogP contribution in [0.5, 0.6) is 0 Å². The summed E-state index contributed by atoms with van der Waals surface area (Å²) in [5.74, 6) is 1.42. The van der Waals surface area contributed by atoms with E-state index in [-0.39, 0.29) is 0 Å². The molecule has 1 saturated heterocycles. The number of aromatic nitrogens is 4. The van der Waals surface area contributed by atoms with E-state index in [2.05, 4.69) is 63.4 Å². The Labute approximate surface area is 214 Å². The normalized spacial score (nSPS) is 17.3. The molecule has 2 aliphatic rings. The van der Waals surface area contributed by atoms with Crippen molar-refractivity contribution in [3.05, 3.63) is 36.2 Å². The second-order valence-electron chi connectivity index (χ2n) is 10.3. The first-order chi connectivity index (χ1) is 17.7. The molecule has 9 nitrogen and oxygen atoms in total. The molecule has 1 aromatic carbocycles. The molecule has 3 heterocycles. The molecule has 0 amide bonds. The summed E-state index contributed by atoms with van der Waals surface area (Å²) in [5.41, 5.74) is 4.06. The third-order valence-electron chi connectivity index (χ3n) is 7.18. The Balaban J connectivity index is 1.33. The minimum Gasteiger partial charge on any atom is -0.379 e. The number of imidazole rings is 1. The summed E-state index contributed by atoms with van der Waals surface area (Å²) in [4.78, 5) is 19.2. The summed E-state index contributed by atoms with van der Waals surface area (Å²) < 4.78 is 7.73. The van der Waals surface area contributed by atoms with Crippen molar-refractivity contribution in [2.24, 2.45) is 0 Å². The highest BCUT2D eigenvalue weighted by Crippen LogP contribution is 2.33. The molecule has 5 rings (SSSR count). The van der Waals surface area contributed by atoms with Gasteiger partial charge >= 0.3 is 0 Å². The second-order valence-corrected chi connectivity index (χ2v) is 10.3. The third kappa shape index (κ3) is 6.32. The topological polar surface area (TPSA) is 83.4 Å². The molecule has 0 bridgehead atoms. The largest absolute Gasteiger partial charge is 0.379 e. The minimum absolute atomic E-state index is 0.477. The first-order valence-corrected chi connectivity index (χ1v) is 13.4. The van der Waals surface area contributed by atoms with Crippen molar-refractivity contribution in [1.82, 2.24) is 29.3 Å². The molecule has 3 aromatic rings. The second kappa shape index (κ2) is 12.0. The summed E-state index contributed by atoms with van der Waals surface area (Å²) in [5, 5.41) is 6.99. The molecule has 2 N–H and O–H groups in total. The molecule has 0 unspecified atom stereocenters. The first kappa shape index (κ1) is 24.9. The molecule has 194 valence electrons. The van der Waals surface area contributed by atoms with Crippen LogP contribution >= 0.6 is 0 Å². The Bertz CT molecular complexity index is 1100. The first-order valence-electron chi connectivity index (χ1n) is 13.4. The SMILES string of the molecule is CN(C)CCCCNc1nc(Nc2ccc(CN3CCOCC3)cc2)c2ncn(C3CCCC3)c2n1. The van der Waals surface area contributed by atoms with Crippen molar-refractivity contribution in [3.8, 4) is 0 Å². The quantitative estimate of drug-likeness (QED) is 0.384. The van der Waals surface area contributed by atoms with Gasteiger partial charge in [-0.3, -0.25) is 4.90 Å². The number of fused-ring (bicyclic) bond motifs is 1. The van der Waals surface area contributed by atoms with E-state index in [1.54, 1.807) is 0 Å². The maximum atomic E-state index is 5.47. The smallest absolute Gasteiger partial charge is 0.226 e. The van der Waals surface area contributed by atoms with Crippen LogP contribution in [0.2, 0.25) is 0 Å². The fourth-order valence-corrected chi connectivity index (χ4v) is 5.13. The van der Waals surface area contributed by atoms with Gasteiger partial charge < -0.3 is 24.8 Å². The van der Waals surface area contributed by atoms with Gasteiger partial charge in [0.25, 0.3) is 0 Å². The molecule has 1 aliphatic heterocycles. The minimum atomic E-state index is 0.477. The zero-order chi connectivity index (χ0) is 24.7. The molecule has 0 radical (unpaired) electrons. The van der Waals surface area contributed by atoms with Crippen LogP contribution in [0.1, 0.15) is 50.1 Å². The van der Waals surface area contributed by atoms with Gasteiger partial charge in [0, 0.05) is 37.9 Å². The average molecular weight is 493 g/mol. The van der Waals surface area contributed by atoms with Crippen LogP contribution in [0.15, 0.2) is 30.6 Å². The summed E-state index contributed by atoms with van der Waals surface area (Å²) in [6, 6.07) is 9.12. The van der Waals surface area contributed by atoms with Crippen molar-refractivity contribution in [1.29, 1.82) is 0 Å². The van der Waals surface area contributed by atoms with Gasteiger partial charge in [-0.2, -0.15) is 9.97 Å². The molecule has 36 heavy (non-hydrogen) atoms. The van der Waals surface area contributed by atoms with Gasteiger partial charge in [0.15, 0.2) is 17.0 Å². The third-order valence-corrected chi connectivity index (χ3v) is 7.18. The number of unbranched alkanes of at least 4 members (excludes halogenated alkanes) is 1. The van der Waals surface area contributed by atoms with Crippen molar-refractivity contribution in [2.75, 3.05) is 64.1 Å². The fraction of sp³-hybridized carbons (Fsp3) is 0.593. The van der Waals surface area contributed by atoms with Crippen molar-refractivity contribution in [2.45, 2.75) is 51.1 Å². The van der Waals surface area contributed by atoms with Crippen LogP contribution in [0, 0.1) is 0 Å². The number of hydrogen-bond acceptors (Lipinski definition) is 8. The van der Waals surface area contributed by atoms with E-state index in [1.807, 2.05) is 6.33 Å². The zero-order valence-corrected chi connectivity index (χ0v) is 21.7. The maximum absolute atomic E-state index is 5.47. The van der Waals surface area contributed by atoms with E-state index in [0.717, 1.165) is 81.4 Å². The van der Waals surface area contributed by atoms with Gasteiger partial charge in [0.2, 0.25) is 5.95 Å². The number of hydrogen-bond donors (Lipinski definition) is 2. The molecule has 0 atom stereocenters. The number of rotatable bonds is 11. The highest BCUT2D eigenvalue weighted by molar-refractivity contribution is 5.86. The van der Waals surface area contributed by atoms with Gasteiger partial charge in [-0.05, 0) is 64.0 Å². The Morgan fingerprint density at radius 2 is 1.81 bits per heavy atom. The van der Waals surface area contributed by atoms with Gasteiger partial charge in [0.1, 0.15) is 0 Å². The number of morpholine rings is 1. The van der Waals surface area contributed by atoms with E-state index < -0.39 is 0 Å². The predicted molar refractivity (Wildman–Crippen MR) is 145 cm³/mol. The summed E-state index contributed by atoms with van der Waals surface area (Å²) >= 11 is 0. The van der Waals surface area contributed by atoms with E-state index in [4.69, 9.17) is 19.7 Å². The fourth-order valence-electron chi connectivity index (χ4n) is 5.13. The number of benzene rings is 1. The van der Waals surface area contributed by atoms with Gasteiger partial charge in [-0.15, -0.1) is 0 Å². The van der Waals surface area contributed by atoms with E-state index in [1.165, 1.54) is 31.2 Å². The van der Waals surface area contributed by atoms with Gasteiger partial charge in [-0.1, -0.05) is 25.0 Å². The number of nitrogens with zero attached hydrogens (tertiary/aromatic N) is 6. The summed E-state index contributed by atoms with van der Waals surface area (Å²) in [7, 11) is 4.23. The summed E-state index contributed by atoms with van der Waals surface area (Å²) in [6.45, 7) is 6.53. The molecule has 2 aromatic heterocycles. The lowest BCUT2D eigenvalue weighted by Gasteiger charge is -2.26. The Kier molecular flexibility index (Phi) is 8.30. The number of nitrogens with one attached hydrogen (secondary N) is 2. The van der Waals surface area contributed by atoms with E-state index >= 15 is 0 Å². The standard InChI is InChI=1S/C27H40N8O/c1-33(2)14-6-5-13-28-27-31-25(24-26(32-27)35(20-29-24)23-7-3-4-8-23)30-22-11-9-21(10-12-22)19-34-15-17-36-18-16-34/h9-12,20,23H,3-8,13-19H2,1-2H3,(H2,28,30,31,32). The van der Waals surface area contributed by atoms with Crippen LogP contribution in [-0.4, -0.2) is 82.8 Å².